The summed E-state index contributed by atoms with van der Waals surface area (Å²) in [6, 6.07) is 4.30. The Hall–Kier alpha value is -2.71. The molecule has 1 spiro atoms. The molecule has 152 valence electrons. The second kappa shape index (κ2) is 7.27. The van der Waals surface area contributed by atoms with Crippen molar-refractivity contribution in [1.29, 1.82) is 0 Å². The van der Waals surface area contributed by atoms with E-state index in [0.717, 1.165) is 49.6 Å². The van der Waals surface area contributed by atoms with Gasteiger partial charge in [0.25, 0.3) is 0 Å². The molecule has 0 bridgehead atoms. The van der Waals surface area contributed by atoms with Gasteiger partial charge in [0.1, 0.15) is 0 Å². The molecule has 0 radical (unpaired) electrons. The number of anilines is 1. The predicted octanol–water partition coefficient (Wildman–Crippen LogP) is 1.83. The average Bonchev–Trinajstić information content (AvgIpc) is 3.43. The number of aryl methyl sites for hydroxylation is 2. The highest BCUT2D eigenvalue weighted by Gasteiger charge is 2.45. The summed E-state index contributed by atoms with van der Waals surface area (Å²) in [5.74, 6) is 0.673. The van der Waals surface area contributed by atoms with E-state index in [9.17, 15) is 0 Å². The molecule has 2 aliphatic rings. The minimum atomic E-state index is -0.0509. The van der Waals surface area contributed by atoms with Crippen LogP contribution in [0.25, 0.3) is 0 Å². The standard InChI is InChI=1S/C21H27N7O/c1-26-6-3-4-17(26)11-28-7-5-21(13-28)14-29-12-16-8-23-20(25-19(16)21)24-10-18-9-22-15-27(18)2/h3-4,6,8-9,15H,5,7,10-14H2,1-2H3,(H,23,24,25)/t21-/m0/s1. The van der Waals surface area contributed by atoms with E-state index in [1.807, 2.05) is 24.0 Å². The van der Waals surface area contributed by atoms with Crippen molar-refractivity contribution >= 4 is 5.95 Å². The smallest absolute Gasteiger partial charge is 0.223 e. The van der Waals surface area contributed by atoms with Crippen molar-refractivity contribution in [2.45, 2.75) is 31.5 Å². The summed E-state index contributed by atoms with van der Waals surface area (Å²) in [5.41, 5.74) is 4.65. The van der Waals surface area contributed by atoms with Crippen LogP contribution >= 0.6 is 0 Å². The Bertz CT molecular complexity index is 1010. The summed E-state index contributed by atoms with van der Waals surface area (Å²) in [7, 11) is 4.09. The van der Waals surface area contributed by atoms with E-state index in [2.05, 4.69) is 50.1 Å². The molecule has 0 aliphatic carbocycles. The number of hydrogen-bond donors (Lipinski definition) is 1. The van der Waals surface area contributed by atoms with Gasteiger partial charge in [0.05, 0.1) is 42.9 Å². The Morgan fingerprint density at radius 2 is 2.14 bits per heavy atom. The largest absolute Gasteiger partial charge is 0.376 e. The van der Waals surface area contributed by atoms with Crippen molar-refractivity contribution < 1.29 is 4.74 Å². The second-order valence-corrected chi connectivity index (χ2v) is 8.26. The van der Waals surface area contributed by atoms with Gasteiger partial charge in [-0.3, -0.25) is 4.90 Å². The van der Waals surface area contributed by atoms with Gasteiger partial charge in [-0.25, -0.2) is 15.0 Å². The molecular weight excluding hydrogens is 366 g/mol. The van der Waals surface area contributed by atoms with Crippen LogP contribution in [0.5, 0.6) is 0 Å². The molecule has 8 heteroatoms. The van der Waals surface area contributed by atoms with Crippen LogP contribution in [0.2, 0.25) is 0 Å². The van der Waals surface area contributed by atoms with Crippen molar-refractivity contribution in [2.75, 3.05) is 25.0 Å². The number of aromatic nitrogens is 5. The SMILES string of the molecule is Cn1cncc1CNc1ncc2c(n1)[C@]1(CCN(Cc3cccn3C)C1)COC2. The van der Waals surface area contributed by atoms with Gasteiger partial charge in [0.15, 0.2) is 0 Å². The highest BCUT2D eigenvalue weighted by molar-refractivity contribution is 5.37. The fourth-order valence-electron chi connectivity index (χ4n) is 4.50. The molecule has 1 fully saturated rings. The first kappa shape index (κ1) is 18.3. The van der Waals surface area contributed by atoms with E-state index >= 15 is 0 Å². The summed E-state index contributed by atoms with van der Waals surface area (Å²) in [4.78, 5) is 16.2. The summed E-state index contributed by atoms with van der Waals surface area (Å²) >= 11 is 0. The van der Waals surface area contributed by atoms with E-state index in [4.69, 9.17) is 9.72 Å². The lowest BCUT2D eigenvalue weighted by Gasteiger charge is -2.34. The first-order valence-electron chi connectivity index (χ1n) is 10.1. The summed E-state index contributed by atoms with van der Waals surface area (Å²) < 4.78 is 10.2. The normalized spacial score (nSPS) is 21.6. The molecule has 5 heterocycles. The number of fused-ring (bicyclic) bond motifs is 2. The molecule has 1 N–H and O–H groups in total. The lowest BCUT2D eigenvalue weighted by Crippen LogP contribution is -2.40. The lowest BCUT2D eigenvalue weighted by molar-refractivity contribution is 0.0502. The maximum absolute atomic E-state index is 5.97. The van der Waals surface area contributed by atoms with Gasteiger partial charge in [-0.1, -0.05) is 0 Å². The molecule has 8 nitrogen and oxygen atoms in total. The van der Waals surface area contributed by atoms with Gasteiger partial charge in [0, 0.05) is 57.0 Å². The lowest BCUT2D eigenvalue weighted by atomic mass is 9.80. The van der Waals surface area contributed by atoms with E-state index in [1.54, 1.807) is 6.33 Å². The Kier molecular flexibility index (Phi) is 4.60. The summed E-state index contributed by atoms with van der Waals surface area (Å²) in [6.07, 6.45) is 8.75. The predicted molar refractivity (Wildman–Crippen MR) is 109 cm³/mol. The second-order valence-electron chi connectivity index (χ2n) is 8.26. The zero-order valence-electron chi connectivity index (χ0n) is 17.0. The van der Waals surface area contributed by atoms with Gasteiger partial charge >= 0.3 is 0 Å². The highest BCUT2D eigenvalue weighted by Crippen LogP contribution is 2.39. The van der Waals surface area contributed by atoms with Gasteiger partial charge in [-0.15, -0.1) is 0 Å². The molecule has 1 atom stereocenters. The van der Waals surface area contributed by atoms with E-state index < -0.39 is 0 Å². The third-order valence-electron chi connectivity index (χ3n) is 6.22. The number of nitrogens with zero attached hydrogens (tertiary/aromatic N) is 6. The Balaban J connectivity index is 1.35. The maximum atomic E-state index is 5.97. The number of nitrogens with one attached hydrogen (secondary N) is 1. The average molecular weight is 393 g/mol. The molecule has 0 amide bonds. The third kappa shape index (κ3) is 3.42. The van der Waals surface area contributed by atoms with E-state index in [-0.39, 0.29) is 5.41 Å². The molecule has 0 saturated carbocycles. The van der Waals surface area contributed by atoms with Crippen LogP contribution in [-0.2, 0) is 43.9 Å². The number of rotatable bonds is 5. The first-order chi connectivity index (χ1) is 14.1. The molecule has 3 aromatic heterocycles. The molecule has 2 aliphatic heterocycles. The zero-order valence-corrected chi connectivity index (χ0v) is 17.0. The number of ether oxygens (including phenoxy) is 1. The topological polar surface area (TPSA) is 73.0 Å². The monoisotopic (exact) mass is 393 g/mol. The van der Waals surface area contributed by atoms with Crippen molar-refractivity contribution in [3.05, 3.63) is 59.7 Å². The quantitative estimate of drug-likeness (QED) is 0.713. The van der Waals surface area contributed by atoms with Gasteiger partial charge in [-0.05, 0) is 25.1 Å². The Morgan fingerprint density at radius 1 is 1.21 bits per heavy atom. The van der Waals surface area contributed by atoms with Gasteiger partial charge in [0.2, 0.25) is 5.95 Å². The van der Waals surface area contributed by atoms with Crippen molar-refractivity contribution in [1.82, 2.24) is 29.0 Å². The molecule has 3 aromatic rings. The Morgan fingerprint density at radius 3 is 2.93 bits per heavy atom. The number of likely N-dealkylation sites (tertiary alicyclic amines) is 1. The first-order valence-corrected chi connectivity index (χ1v) is 10.1. The number of hydrogen-bond acceptors (Lipinski definition) is 6. The maximum Gasteiger partial charge on any atom is 0.223 e. The fraction of sp³-hybridized carbons (Fsp3) is 0.476. The zero-order chi connectivity index (χ0) is 19.8. The molecule has 1 saturated heterocycles. The van der Waals surface area contributed by atoms with Crippen molar-refractivity contribution in [3.63, 3.8) is 0 Å². The van der Waals surface area contributed by atoms with E-state index in [1.165, 1.54) is 5.69 Å². The van der Waals surface area contributed by atoms with E-state index in [0.29, 0.717) is 19.1 Å². The van der Waals surface area contributed by atoms with Crippen LogP contribution in [0.3, 0.4) is 0 Å². The van der Waals surface area contributed by atoms with Crippen LogP contribution in [0.1, 0.15) is 29.1 Å². The van der Waals surface area contributed by atoms with Crippen molar-refractivity contribution in [2.24, 2.45) is 14.1 Å². The van der Waals surface area contributed by atoms with Crippen molar-refractivity contribution in [3.8, 4) is 0 Å². The molecule has 29 heavy (non-hydrogen) atoms. The van der Waals surface area contributed by atoms with Crippen LogP contribution in [0.15, 0.2) is 37.1 Å². The van der Waals surface area contributed by atoms with Gasteiger partial charge in [-0.2, -0.15) is 0 Å². The number of imidazole rings is 1. The van der Waals surface area contributed by atoms with Crippen LogP contribution in [0, 0.1) is 0 Å². The molecule has 0 aromatic carbocycles. The third-order valence-corrected chi connectivity index (χ3v) is 6.22. The Labute approximate surface area is 170 Å². The summed E-state index contributed by atoms with van der Waals surface area (Å²) in [6.45, 7) is 4.94. The van der Waals surface area contributed by atoms with Crippen LogP contribution < -0.4 is 5.32 Å². The van der Waals surface area contributed by atoms with Crippen LogP contribution in [0.4, 0.5) is 5.95 Å². The molecule has 0 unspecified atom stereocenters. The van der Waals surface area contributed by atoms with Crippen LogP contribution in [-0.4, -0.2) is 48.7 Å². The fourth-order valence-corrected chi connectivity index (χ4v) is 4.50. The minimum absolute atomic E-state index is 0.0509. The molecule has 5 rings (SSSR count). The summed E-state index contributed by atoms with van der Waals surface area (Å²) in [5, 5.41) is 3.36. The molecular formula is C21H27N7O. The highest BCUT2D eigenvalue weighted by atomic mass is 16.5. The minimum Gasteiger partial charge on any atom is -0.376 e. The van der Waals surface area contributed by atoms with Gasteiger partial charge < -0.3 is 19.2 Å².